The van der Waals surface area contributed by atoms with Gasteiger partial charge < -0.3 is 5.32 Å². The van der Waals surface area contributed by atoms with Gasteiger partial charge in [0.1, 0.15) is 17.8 Å². The number of aryl methyl sites for hydroxylation is 2. The maximum Gasteiger partial charge on any atom is 0.302 e. The lowest BCUT2D eigenvalue weighted by atomic mass is 10.0. The van der Waals surface area contributed by atoms with E-state index in [9.17, 15) is 17.2 Å². The van der Waals surface area contributed by atoms with Crippen LogP contribution in [0, 0.1) is 13.8 Å². The van der Waals surface area contributed by atoms with E-state index >= 15 is 0 Å². The summed E-state index contributed by atoms with van der Waals surface area (Å²) in [5.74, 6) is -2.51. The zero-order valence-electron chi connectivity index (χ0n) is 20.6. The molecule has 4 aromatic rings. The molecule has 0 saturated carbocycles. The summed E-state index contributed by atoms with van der Waals surface area (Å²) in [6.45, 7) is 4.32. The molecule has 0 aliphatic carbocycles. The van der Waals surface area contributed by atoms with Crippen LogP contribution in [0.1, 0.15) is 29.7 Å². The third-order valence-electron chi connectivity index (χ3n) is 6.66. The predicted octanol–water partition coefficient (Wildman–Crippen LogP) is 4.35. The van der Waals surface area contributed by atoms with Crippen LogP contribution in [0.15, 0.2) is 66.1 Å². The highest BCUT2D eigenvalue weighted by molar-refractivity contribution is 7.90. The molecule has 11 heteroatoms. The first-order valence-electron chi connectivity index (χ1n) is 12.1. The smallest absolute Gasteiger partial charge is 0.302 e. The van der Waals surface area contributed by atoms with Gasteiger partial charge in [-0.05, 0) is 56.5 Å². The van der Waals surface area contributed by atoms with Crippen molar-refractivity contribution < 1.29 is 17.2 Å². The molecule has 1 saturated heterocycles. The number of nitrogens with one attached hydrogen (secondary N) is 1. The van der Waals surface area contributed by atoms with Crippen LogP contribution in [0.4, 0.5) is 14.6 Å². The summed E-state index contributed by atoms with van der Waals surface area (Å²) in [6, 6.07) is 11.4. The fourth-order valence-electron chi connectivity index (χ4n) is 4.54. The Labute approximate surface area is 214 Å². The third-order valence-corrected chi connectivity index (χ3v) is 8.34. The molecule has 3 aromatic heterocycles. The molecule has 0 bridgehead atoms. The molecule has 1 fully saturated rings. The Hall–Kier alpha value is -3.44. The van der Waals surface area contributed by atoms with Gasteiger partial charge >= 0.3 is 5.92 Å². The summed E-state index contributed by atoms with van der Waals surface area (Å²) in [6.07, 6.45) is 5.55. The van der Waals surface area contributed by atoms with Crippen LogP contribution in [0.3, 0.4) is 0 Å². The van der Waals surface area contributed by atoms with Crippen LogP contribution >= 0.6 is 0 Å². The van der Waals surface area contributed by atoms with E-state index in [1.165, 1.54) is 24.8 Å². The Balaban J connectivity index is 1.27. The van der Waals surface area contributed by atoms with Gasteiger partial charge in [-0.2, -0.15) is 8.78 Å². The van der Waals surface area contributed by atoms with E-state index in [2.05, 4.69) is 20.3 Å². The normalized spacial score (nSPS) is 15.8. The summed E-state index contributed by atoms with van der Waals surface area (Å²) >= 11 is 0. The van der Waals surface area contributed by atoms with Crippen molar-refractivity contribution in [2.45, 2.75) is 43.5 Å². The van der Waals surface area contributed by atoms with Gasteiger partial charge in [-0.3, -0.25) is 9.88 Å². The van der Waals surface area contributed by atoms with Gasteiger partial charge in [-0.25, -0.2) is 22.4 Å². The fourth-order valence-corrected chi connectivity index (χ4v) is 5.84. The molecule has 1 aliphatic rings. The lowest BCUT2D eigenvalue weighted by Gasteiger charge is -2.34. The molecule has 0 atom stereocenters. The van der Waals surface area contributed by atoms with Crippen LogP contribution in [-0.2, 0) is 15.9 Å². The number of pyridine rings is 1. The van der Waals surface area contributed by atoms with Crippen molar-refractivity contribution in [3.8, 4) is 0 Å². The molecule has 0 spiro atoms. The van der Waals surface area contributed by atoms with Crippen LogP contribution in [0.2, 0.25) is 0 Å². The van der Waals surface area contributed by atoms with E-state index in [0.717, 1.165) is 15.1 Å². The van der Waals surface area contributed by atoms with Crippen molar-refractivity contribution in [2.24, 2.45) is 0 Å². The second-order valence-electron chi connectivity index (χ2n) is 9.51. The Morgan fingerprint density at radius 1 is 0.973 bits per heavy atom. The third kappa shape index (κ3) is 5.19. The lowest BCUT2D eigenvalue weighted by molar-refractivity contribution is -0.0457. The highest BCUT2D eigenvalue weighted by Crippen LogP contribution is 2.30. The zero-order valence-corrected chi connectivity index (χ0v) is 21.4. The second-order valence-corrected chi connectivity index (χ2v) is 11.3. The van der Waals surface area contributed by atoms with Crippen molar-refractivity contribution in [3.63, 3.8) is 0 Å². The number of piperidine rings is 1. The Bertz CT molecular complexity index is 1500. The number of aromatic nitrogens is 4. The largest absolute Gasteiger partial charge is 0.367 e. The fraction of sp³-hybridized carbons (Fsp3) is 0.346. The molecule has 1 aromatic carbocycles. The van der Waals surface area contributed by atoms with E-state index in [4.69, 9.17) is 0 Å². The molecule has 0 unspecified atom stereocenters. The number of fused-ring (bicyclic) bond motifs is 1. The SMILES string of the molecule is Cc1ccc(S(=O)(=O)n2ccc3c(NC4CCN(CC(F)(F)c5ccc(C)cn5)CC4)ncnc32)cc1. The number of nitrogens with zero attached hydrogens (tertiary/aromatic N) is 5. The van der Waals surface area contributed by atoms with Crippen LogP contribution in [-0.4, -0.2) is 57.9 Å². The number of anilines is 1. The number of halogens is 2. The van der Waals surface area contributed by atoms with Gasteiger partial charge in [0.15, 0.2) is 5.65 Å². The average molecular weight is 527 g/mol. The van der Waals surface area contributed by atoms with Crippen LogP contribution in [0.5, 0.6) is 0 Å². The van der Waals surface area contributed by atoms with Gasteiger partial charge in [-0.1, -0.05) is 23.8 Å². The second kappa shape index (κ2) is 9.79. The van der Waals surface area contributed by atoms with E-state index in [-0.39, 0.29) is 28.8 Å². The molecule has 5 rings (SSSR count). The maximum atomic E-state index is 14.7. The molecule has 0 radical (unpaired) electrons. The van der Waals surface area contributed by atoms with Gasteiger partial charge in [0.05, 0.1) is 16.8 Å². The van der Waals surface area contributed by atoms with Gasteiger partial charge in [0.25, 0.3) is 10.0 Å². The summed E-state index contributed by atoms with van der Waals surface area (Å²) < 4.78 is 57.0. The number of alkyl halides is 2. The van der Waals surface area contributed by atoms with Crippen molar-refractivity contribution in [2.75, 3.05) is 25.0 Å². The monoisotopic (exact) mass is 526 g/mol. The van der Waals surface area contributed by atoms with E-state index in [1.807, 2.05) is 13.8 Å². The minimum atomic E-state index is -3.82. The number of rotatable bonds is 7. The van der Waals surface area contributed by atoms with E-state index in [0.29, 0.717) is 37.1 Å². The zero-order chi connectivity index (χ0) is 26.2. The Kier molecular flexibility index (Phi) is 6.67. The van der Waals surface area contributed by atoms with Crippen molar-refractivity contribution in [1.29, 1.82) is 0 Å². The first kappa shape index (κ1) is 25.2. The highest BCUT2D eigenvalue weighted by Gasteiger charge is 2.36. The first-order chi connectivity index (χ1) is 17.6. The molecule has 37 heavy (non-hydrogen) atoms. The Morgan fingerprint density at radius 2 is 1.68 bits per heavy atom. The molecular weight excluding hydrogens is 498 g/mol. The summed E-state index contributed by atoms with van der Waals surface area (Å²) in [5.41, 5.74) is 1.87. The molecule has 1 aliphatic heterocycles. The predicted molar refractivity (Wildman–Crippen MR) is 137 cm³/mol. The molecule has 4 heterocycles. The summed E-state index contributed by atoms with van der Waals surface area (Å²) in [7, 11) is -3.82. The minimum absolute atomic E-state index is 0.0116. The lowest BCUT2D eigenvalue weighted by Crippen LogP contribution is -2.44. The summed E-state index contributed by atoms with van der Waals surface area (Å²) in [4.78, 5) is 14.4. The molecule has 1 N–H and O–H groups in total. The van der Waals surface area contributed by atoms with Gasteiger partial charge in [0, 0.05) is 31.5 Å². The van der Waals surface area contributed by atoms with Crippen molar-refractivity contribution in [3.05, 3.63) is 78.0 Å². The minimum Gasteiger partial charge on any atom is -0.367 e. The average Bonchev–Trinajstić information content (AvgIpc) is 3.32. The first-order valence-corrected chi connectivity index (χ1v) is 13.5. The quantitative estimate of drug-likeness (QED) is 0.383. The van der Waals surface area contributed by atoms with Gasteiger partial charge in [-0.15, -0.1) is 0 Å². The number of hydrogen-bond donors (Lipinski definition) is 1. The number of benzene rings is 1. The van der Waals surface area contributed by atoms with Crippen LogP contribution in [0.25, 0.3) is 11.0 Å². The number of hydrogen-bond acceptors (Lipinski definition) is 7. The molecule has 8 nitrogen and oxygen atoms in total. The van der Waals surface area contributed by atoms with E-state index in [1.54, 1.807) is 41.3 Å². The standard InChI is InChI=1S/C26H28F2N6O2S/c1-18-3-6-21(7-4-18)37(35,36)34-14-11-22-24(30-17-31-25(22)34)32-20-9-12-33(13-10-20)16-26(27,28)23-8-5-19(2)15-29-23/h3-8,11,14-15,17,20H,9-10,12-13,16H2,1-2H3,(H,30,31,32). The van der Waals surface area contributed by atoms with Crippen molar-refractivity contribution >= 4 is 26.9 Å². The molecule has 0 amide bonds. The molecule has 194 valence electrons. The maximum absolute atomic E-state index is 14.7. The van der Waals surface area contributed by atoms with E-state index < -0.39 is 15.9 Å². The van der Waals surface area contributed by atoms with Crippen molar-refractivity contribution in [1.82, 2.24) is 23.8 Å². The van der Waals surface area contributed by atoms with Gasteiger partial charge in [0.2, 0.25) is 0 Å². The highest BCUT2D eigenvalue weighted by atomic mass is 32.2. The van der Waals surface area contributed by atoms with Crippen LogP contribution < -0.4 is 5.32 Å². The summed E-state index contributed by atoms with van der Waals surface area (Å²) in [5, 5.41) is 3.95. The Morgan fingerprint density at radius 3 is 2.35 bits per heavy atom. The number of likely N-dealkylation sites (tertiary alicyclic amines) is 1. The topological polar surface area (TPSA) is 93.0 Å². The molecular formula is C26H28F2N6O2S.